The second-order valence-electron chi connectivity index (χ2n) is 4.02. The summed E-state index contributed by atoms with van der Waals surface area (Å²) in [5.74, 6) is 1.26. The van der Waals surface area contributed by atoms with Crippen LogP contribution in [0.1, 0.15) is 19.8 Å². The topological polar surface area (TPSA) is 61.8 Å². The molecule has 0 radical (unpaired) electrons. The van der Waals surface area contributed by atoms with E-state index in [1.165, 1.54) is 0 Å². The molecule has 19 heavy (non-hydrogen) atoms. The van der Waals surface area contributed by atoms with Gasteiger partial charge in [-0.05, 0) is 18.6 Å². The van der Waals surface area contributed by atoms with E-state index in [-0.39, 0.29) is 13.2 Å². The lowest BCUT2D eigenvalue weighted by molar-refractivity contribution is 0.211. The third-order valence-electron chi connectivity index (χ3n) is 2.24. The lowest BCUT2D eigenvalue weighted by Gasteiger charge is -2.12. The van der Waals surface area contributed by atoms with Gasteiger partial charge < -0.3 is 9.47 Å². The molecule has 1 aromatic carbocycles. The number of hydrogen-bond acceptors (Lipinski definition) is 5. The largest absolute Gasteiger partial charge is 0.490 e. The van der Waals surface area contributed by atoms with E-state index in [1.807, 2.05) is 18.2 Å². The van der Waals surface area contributed by atoms with Crippen molar-refractivity contribution in [3.05, 3.63) is 24.3 Å². The summed E-state index contributed by atoms with van der Waals surface area (Å²) in [5.41, 5.74) is 0. The zero-order valence-electron chi connectivity index (χ0n) is 11.3. The van der Waals surface area contributed by atoms with Gasteiger partial charge in [-0.1, -0.05) is 25.5 Å². The molecule has 0 atom stereocenters. The third kappa shape index (κ3) is 7.03. The molecule has 0 aliphatic rings. The Bertz CT molecular complexity index is 470. The van der Waals surface area contributed by atoms with Gasteiger partial charge in [0, 0.05) is 0 Å². The van der Waals surface area contributed by atoms with Gasteiger partial charge >= 0.3 is 0 Å². The van der Waals surface area contributed by atoms with Crippen LogP contribution in [0.25, 0.3) is 0 Å². The van der Waals surface area contributed by atoms with E-state index in [0.717, 1.165) is 19.1 Å². The zero-order valence-corrected chi connectivity index (χ0v) is 12.1. The lowest BCUT2D eigenvalue weighted by Crippen LogP contribution is -2.11. The quantitative estimate of drug-likeness (QED) is 0.515. The van der Waals surface area contributed by atoms with E-state index in [2.05, 4.69) is 11.1 Å². The molecule has 0 bridgehead atoms. The molecule has 5 nitrogen and oxygen atoms in total. The molecule has 0 saturated heterocycles. The Labute approximate surface area is 114 Å². The Balaban J connectivity index is 2.44. The van der Waals surface area contributed by atoms with E-state index in [0.29, 0.717) is 18.1 Å². The maximum Gasteiger partial charge on any atom is 0.264 e. The van der Waals surface area contributed by atoms with Crippen molar-refractivity contribution < 1.29 is 22.1 Å². The molecular weight excluding hydrogens is 268 g/mol. The highest BCUT2D eigenvalue weighted by atomic mass is 32.2. The highest BCUT2D eigenvalue weighted by Gasteiger charge is 2.05. The van der Waals surface area contributed by atoms with Crippen molar-refractivity contribution in [2.45, 2.75) is 19.8 Å². The van der Waals surface area contributed by atoms with Crippen molar-refractivity contribution in [1.29, 1.82) is 0 Å². The maximum absolute atomic E-state index is 10.8. The Morgan fingerprint density at radius 2 is 1.58 bits per heavy atom. The van der Waals surface area contributed by atoms with E-state index in [4.69, 9.17) is 9.47 Å². The van der Waals surface area contributed by atoms with E-state index >= 15 is 0 Å². The standard InChI is InChI=1S/C13H20O5S/c1-3-4-9-16-12-7-5-6-8-13(12)17-10-11-18-19(2,14)15/h5-8H,3-4,9-11H2,1-2H3. The van der Waals surface area contributed by atoms with Crippen LogP contribution in [-0.2, 0) is 14.3 Å². The van der Waals surface area contributed by atoms with Crippen LogP contribution in [0.15, 0.2) is 24.3 Å². The van der Waals surface area contributed by atoms with Gasteiger partial charge in [0.2, 0.25) is 0 Å². The Morgan fingerprint density at radius 3 is 2.11 bits per heavy atom. The monoisotopic (exact) mass is 288 g/mol. The first-order chi connectivity index (χ1) is 9.03. The minimum absolute atomic E-state index is 0.0118. The molecule has 1 aromatic rings. The molecular formula is C13H20O5S. The summed E-state index contributed by atoms with van der Waals surface area (Å²) in [5, 5.41) is 0. The first-order valence-electron chi connectivity index (χ1n) is 6.22. The van der Waals surface area contributed by atoms with Crippen LogP contribution >= 0.6 is 0 Å². The number of benzene rings is 1. The molecule has 0 spiro atoms. The SMILES string of the molecule is CCCCOc1ccccc1OCCOS(C)(=O)=O. The molecule has 0 aliphatic carbocycles. The van der Waals surface area contributed by atoms with Crippen molar-refractivity contribution in [2.75, 3.05) is 26.1 Å². The van der Waals surface area contributed by atoms with Crippen LogP contribution in [0.5, 0.6) is 11.5 Å². The van der Waals surface area contributed by atoms with Crippen LogP contribution in [-0.4, -0.2) is 34.5 Å². The molecule has 0 saturated carbocycles. The predicted octanol–water partition coefficient (Wildman–Crippen LogP) is 2.22. The lowest BCUT2D eigenvalue weighted by atomic mass is 10.3. The fourth-order valence-electron chi connectivity index (χ4n) is 1.35. The van der Waals surface area contributed by atoms with E-state index < -0.39 is 10.1 Å². The van der Waals surface area contributed by atoms with Crippen LogP contribution in [0.4, 0.5) is 0 Å². The zero-order chi connectivity index (χ0) is 14.1. The predicted molar refractivity (Wildman–Crippen MR) is 73.1 cm³/mol. The minimum atomic E-state index is -3.42. The first-order valence-corrected chi connectivity index (χ1v) is 8.03. The second kappa shape index (κ2) is 8.01. The molecule has 0 aliphatic heterocycles. The molecule has 0 heterocycles. The Kier molecular flexibility index (Phi) is 6.66. The maximum atomic E-state index is 10.8. The van der Waals surface area contributed by atoms with Crippen LogP contribution < -0.4 is 9.47 Å². The second-order valence-corrected chi connectivity index (χ2v) is 5.67. The van der Waals surface area contributed by atoms with Crippen LogP contribution in [0.3, 0.4) is 0 Å². The van der Waals surface area contributed by atoms with Crippen molar-refractivity contribution >= 4 is 10.1 Å². The summed E-state index contributed by atoms with van der Waals surface area (Å²) in [6, 6.07) is 7.30. The van der Waals surface area contributed by atoms with Gasteiger partial charge in [-0.3, -0.25) is 4.18 Å². The molecule has 1 rings (SSSR count). The van der Waals surface area contributed by atoms with Crippen LogP contribution in [0, 0.1) is 0 Å². The molecule has 0 aromatic heterocycles. The average molecular weight is 288 g/mol. The van der Waals surface area contributed by atoms with Gasteiger partial charge in [0.25, 0.3) is 10.1 Å². The summed E-state index contributed by atoms with van der Waals surface area (Å²) in [7, 11) is -3.42. The van der Waals surface area contributed by atoms with Crippen molar-refractivity contribution in [2.24, 2.45) is 0 Å². The molecule has 0 amide bonds. The number of ether oxygens (including phenoxy) is 2. The number of hydrogen-bond donors (Lipinski definition) is 0. The fraction of sp³-hybridized carbons (Fsp3) is 0.538. The van der Waals surface area contributed by atoms with E-state index in [9.17, 15) is 8.42 Å². The summed E-state index contributed by atoms with van der Waals surface area (Å²) in [4.78, 5) is 0. The van der Waals surface area contributed by atoms with Gasteiger partial charge in [-0.25, -0.2) is 0 Å². The van der Waals surface area contributed by atoms with Gasteiger partial charge in [-0.2, -0.15) is 8.42 Å². The Hall–Kier alpha value is -1.27. The van der Waals surface area contributed by atoms with Gasteiger partial charge in [0.15, 0.2) is 11.5 Å². The number of rotatable bonds is 9. The van der Waals surface area contributed by atoms with Crippen molar-refractivity contribution in [3.63, 3.8) is 0 Å². The molecule has 0 unspecified atom stereocenters. The summed E-state index contributed by atoms with van der Waals surface area (Å²) >= 11 is 0. The summed E-state index contributed by atoms with van der Waals surface area (Å²) in [6.07, 6.45) is 3.05. The first kappa shape index (κ1) is 15.8. The highest BCUT2D eigenvalue weighted by Crippen LogP contribution is 2.26. The minimum Gasteiger partial charge on any atom is -0.490 e. The number of para-hydroxylation sites is 2. The molecule has 6 heteroatoms. The molecule has 0 N–H and O–H groups in total. The van der Waals surface area contributed by atoms with Crippen molar-refractivity contribution in [3.8, 4) is 11.5 Å². The summed E-state index contributed by atoms with van der Waals surface area (Å²) < 4.78 is 37.2. The van der Waals surface area contributed by atoms with E-state index in [1.54, 1.807) is 6.07 Å². The smallest absolute Gasteiger partial charge is 0.264 e. The van der Waals surface area contributed by atoms with Crippen LogP contribution in [0.2, 0.25) is 0 Å². The number of unbranched alkanes of at least 4 members (excludes halogenated alkanes) is 1. The Morgan fingerprint density at radius 1 is 1.00 bits per heavy atom. The molecule has 0 fully saturated rings. The molecule has 108 valence electrons. The van der Waals surface area contributed by atoms with Gasteiger partial charge in [-0.15, -0.1) is 0 Å². The average Bonchev–Trinajstić information content (AvgIpc) is 2.35. The summed E-state index contributed by atoms with van der Waals surface area (Å²) in [6.45, 7) is 2.87. The normalized spacial score (nSPS) is 11.3. The fourth-order valence-corrected chi connectivity index (χ4v) is 1.72. The highest BCUT2D eigenvalue weighted by molar-refractivity contribution is 7.85. The van der Waals surface area contributed by atoms with Crippen molar-refractivity contribution in [1.82, 2.24) is 0 Å². The third-order valence-corrected chi connectivity index (χ3v) is 2.84. The van der Waals surface area contributed by atoms with Gasteiger partial charge in [0.1, 0.15) is 13.2 Å². The van der Waals surface area contributed by atoms with Gasteiger partial charge in [0.05, 0.1) is 12.9 Å².